The van der Waals surface area contributed by atoms with Gasteiger partial charge in [0.05, 0.1) is 14.2 Å². The minimum absolute atomic E-state index is 0.148. The highest BCUT2D eigenvalue weighted by Crippen LogP contribution is 2.28. The van der Waals surface area contributed by atoms with Crippen molar-refractivity contribution in [1.82, 2.24) is 9.80 Å². The molecule has 0 bridgehead atoms. The van der Waals surface area contributed by atoms with Crippen molar-refractivity contribution in [2.45, 2.75) is 38.3 Å². The van der Waals surface area contributed by atoms with Crippen LogP contribution < -0.4 is 9.47 Å². The molecule has 2 aromatic carbocycles. The average Bonchev–Trinajstić information content (AvgIpc) is 2.93. The number of halogens is 1. The molecule has 1 aliphatic rings. The molecule has 1 atom stereocenters. The van der Waals surface area contributed by atoms with E-state index in [0.717, 1.165) is 42.9 Å². The number of likely N-dealkylation sites (tertiary alicyclic amines) is 1. The third-order valence-corrected chi connectivity index (χ3v) is 5.86. The predicted octanol–water partition coefficient (Wildman–Crippen LogP) is 3.90. The van der Waals surface area contributed by atoms with Gasteiger partial charge in [0, 0.05) is 32.1 Å². The van der Waals surface area contributed by atoms with Gasteiger partial charge in [-0.25, -0.2) is 4.39 Å². The highest BCUT2D eigenvalue weighted by molar-refractivity contribution is 5.76. The Bertz CT molecular complexity index is 858. The van der Waals surface area contributed by atoms with Gasteiger partial charge in [0.25, 0.3) is 0 Å². The first-order chi connectivity index (χ1) is 14.5. The third kappa shape index (κ3) is 5.72. The van der Waals surface area contributed by atoms with Gasteiger partial charge in [0.2, 0.25) is 5.91 Å². The van der Waals surface area contributed by atoms with E-state index in [4.69, 9.17) is 9.47 Å². The minimum Gasteiger partial charge on any atom is -0.493 e. The summed E-state index contributed by atoms with van der Waals surface area (Å²) in [6.07, 6.45) is 3.19. The van der Waals surface area contributed by atoms with Crippen LogP contribution in [0.25, 0.3) is 0 Å². The quantitative estimate of drug-likeness (QED) is 0.657. The lowest BCUT2D eigenvalue weighted by Gasteiger charge is -2.27. The lowest BCUT2D eigenvalue weighted by Crippen LogP contribution is -2.34. The van der Waals surface area contributed by atoms with E-state index >= 15 is 0 Å². The highest BCUT2D eigenvalue weighted by Gasteiger charge is 2.25. The molecule has 0 aromatic heterocycles. The fourth-order valence-corrected chi connectivity index (χ4v) is 4.01. The topological polar surface area (TPSA) is 42.0 Å². The molecule has 6 heteroatoms. The Balaban J connectivity index is 1.54. The van der Waals surface area contributed by atoms with Crippen molar-refractivity contribution < 1.29 is 18.7 Å². The number of benzene rings is 2. The van der Waals surface area contributed by atoms with E-state index in [1.165, 1.54) is 17.7 Å². The molecular formula is C24H31FN2O3. The molecule has 30 heavy (non-hydrogen) atoms. The summed E-state index contributed by atoms with van der Waals surface area (Å²) in [7, 11) is 5.40. The molecule has 1 unspecified atom stereocenters. The van der Waals surface area contributed by atoms with Crippen LogP contribution in [0.4, 0.5) is 4.39 Å². The van der Waals surface area contributed by atoms with E-state index in [1.807, 2.05) is 23.1 Å². The van der Waals surface area contributed by atoms with E-state index < -0.39 is 0 Å². The second kappa shape index (κ2) is 10.4. The molecule has 2 aromatic rings. The zero-order chi connectivity index (χ0) is 21.5. The van der Waals surface area contributed by atoms with Crippen molar-refractivity contribution in [3.05, 3.63) is 59.4 Å². The van der Waals surface area contributed by atoms with Crippen LogP contribution in [-0.4, -0.2) is 56.1 Å². The SMILES string of the molecule is COc1ccc(CCN(C)C2CCC(=O)N(Cc3cccc(F)c3)CC2)cc1OC. The summed E-state index contributed by atoms with van der Waals surface area (Å²) >= 11 is 0. The molecule has 3 rings (SSSR count). The molecule has 0 N–H and O–H groups in total. The van der Waals surface area contributed by atoms with Crippen molar-refractivity contribution in [2.24, 2.45) is 0 Å². The zero-order valence-electron chi connectivity index (χ0n) is 18.1. The van der Waals surface area contributed by atoms with Crippen molar-refractivity contribution in [3.63, 3.8) is 0 Å². The summed E-state index contributed by atoms with van der Waals surface area (Å²) in [6.45, 7) is 2.07. The molecular weight excluding hydrogens is 383 g/mol. The summed E-state index contributed by atoms with van der Waals surface area (Å²) in [5, 5.41) is 0. The van der Waals surface area contributed by atoms with Gasteiger partial charge in [-0.05, 0) is 61.7 Å². The Labute approximate surface area is 178 Å². The van der Waals surface area contributed by atoms with Crippen molar-refractivity contribution in [1.29, 1.82) is 0 Å². The van der Waals surface area contributed by atoms with Crippen molar-refractivity contribution >= 4 is 5.91 Å². The molecule has 0 radical (unpaired) electrons. The van der Waals surface area contributed by atoms with Gasteiger partial charge in [-0.3, -0.25) is 4.79 Å². The molecule has 1 saturated heterocycles. The van der Waals surface area contributed by atoms with Crippen LogP contribution in [0.3, 0.4) is 0 Å². The maximum Gasteiger partial charge on any atom is 0.222 e. The second-order valence-corrected chi connectivity index (χ2v) is 7.85. The molecule has 0 saturated carbocycles. The van der Waals surface area contributed by atoms with Gasteiger partial charge in [0.15, 0.2) is 11.5 Å². The number of hydrogen-bond donors (Lipinski definition) is 0. The van der Waals surface area contributed by atoms with Gasteiger partial charge in [0.1, 0.15) is 5.82 Å². The number of ether oxygens (including phenoxy) is 2. The van der Waals surface area contributed by atoms with Crippen LogP contribution in [0.2, 0.25) is 0 Å². The monoisotopic (exact) mass is 414 g/mol. The van der Waals surface area contributed by atoms with Gasteiger partial charge < -0.3 is 19.3 Å². The summed E-state index contributed by atoms with van der Waals surface area (Å²) in [4.78, 5) is 16.8. The van der Waals surface area contributed by atoms with Gasteiger partial charge in [-0.2, -0.15) is 0 Å². The van der Waals surface area contributed by atoms with Crippen molar-refractivity contribution in [3.8, 4) is 11.5 Å². The number of likely N-dealkylation sites (N-methyl/N-ethyl adjacent to an activating group) is 1. The second-order valence-electron chi connectivity index (χ2n) is 7.85. The molecule has 1 heterocycles. The Morgan fingerprint density at radius 3 is 2.60 bits per heavy atom. The normalized spacial score (nSPS) is 17.2. The minimum atomic E-state index is -0.262. The van der Waals surface area contributed by atoms with Gasteiger partial charge in [-0.1, -0.05) is 18.2 Å². The maximum atomic E-state index is 13.5. The third-order valence-electron chi connectivity index (χ3n) is 5.86. The number of methoxy groups -OCH3 is 2. The first-order valence-corrected chi connectivity index (χ1v) is 10.4. The van der Waals surface area contributed by atoms with Gasteiger partial charge >= 0.3 is 0 Å². The largest absolute Gasteiger partial charge is 0.493 e. The molecule has 0 aliphatic carbocycles. The smallest absolute Gasteiger partial charge is 0.222 e. The van der Waals surface area contributed by atoms with Crippen LogP contribution in [-0.2, 0) is 17.8 Å². The summed E-state index contributed by atoms with van der Waals surface area (Å²) < 4.78 is 24.2. The number of amides is 1. The molecule has 5 nitrogen and oxygen atoms in total. The van der Waals surface area contributed by atoms with E-state index in [0.29, 0.717) is 25.6 Å². The van der Waals surface area contributed by atoms with Crippen LogP contribution >= 0.6 is 0 Å². The predicted molar refractivity (Wildman–Crippen MR) is 115 cm³/mol. The van der Waals surface area contributed by atoms with Crippen LogP contribution in [0, 0.1) is 5.82 Å². The van der Waals surface area contributed by atoms with E-state index in [-0.39, 0.29) is 11.7 Å². The molecule has 1 aliphatic heterocycles. The standard InChI is InChI=1S/C24H31FN2O3/c1-26(13-11-18-7-9-22(29-2)23(16-18)30-3)21-8-10-24(28)27(14-12-21)17-19-5-4-6-20(25)15-19/h4-7,9,15-16,21H,8,10-14,17H2,1-3H3. The van der Waals surface area contributed by atoms with Crippen LogP contribution in [0.5, 0.6) is 11.5 Å². The fraction of sp³-hybridized carbons (Fsp3) is 0.458. The van der Waals surface area contributed by atoms with Crippen LogP contribution in [0.15, 0.2) is 42.5 Å². The number of nitrogens with zero attached hydrogens (tertiary/aromatic N) is 2. The lowest BCUT2D eigenvalue weighted by molar-refractivity contribution is -0.131. The maximum absolute atomic E-state index is 13.5. The molecule has 162 valence electrons. The average molecular weight is 415 g/mol. The van der Waals surface area contributed by atoms with E-state index in [9.17, 15) is 9.18 Å². The number of rotatable bonds is 8. The number of carbonyl (C=O) groups excluding carboxylic acids is 1. The Hall–Kier alpha value is -2.60. The fourth-order valence-electron chi connectivity index (χ4n) is 4.01. The Morgan fingerprint density at radius 2 is 1.87 bits per heavy atom. The molecule has 0 spiro atoms. The molecule has 1 fully saturated rings. The summed E-state index contributed by atoms with van der Waals surface area (Å²) in [5.41, 5.74) is 2.03. The number of hydrogen-bond acceptors (Lipinski definition) is 4. The lowest BCUT2D eigenvalue weighted by atomic mass is 10.1. The first kappa shape index (κ1) is 22.1. The first-order valence-electron chi connectivity index (χ1n) is 10.4. The van der Waals surface area contributed by atoms with Gasteiger partial charge in [-0.15, -0.1) is 0 Å². The van der Waals surface area contributed by atoms with E-state index in [2.05, 4.69) is 18.0 Å². The van der Waals surface area contributed by atoms with Crippen LogP contribution in [0.1, 0.15) is 30.4 Å². The van der Waals surface area contributed by atoms with E-state index in [1.54, 1.807) is 20.3 Å². The highest BCUT2D eigenvalue weighted by atomic mass is 19.1. The Kier molecular flexibility index (Phi) is 7.69. The van der Waals surface area contributed by atoms with Crippen molar-refractivity contribution in [2.75, 3.05) is 34.4 Å². The summed E-state index contributed by atoms with van der Waals surface area (Å²) in [6, 6.07) is 12.9. The molecule has 1 amide bonds. The Morgan fingerprint density at radius 1 is 1.07 bits per heavy atom. The summed E-state index contributed by atoms with van der Waals surface area (Å²) in [5.74, 6) is 1.36. The zero-order valence-corrected chi connectivity index (χ0v) is 18.1. The number of carbonyl (C=O) groups is 1.